The van der Waals surface area contributed by atoms with Crippen molar-refractivity contribution in [2.75, 3.05) is 18.0 Å². The SMILES string of the molecule is C#Cc1c(F)cc(N2CCCC(O)C2)cc1F. The van der Waals surface area contributed by atoms with Gasteiger partial charge < -0.3 is 10.0 Å². The Kier molecular flexibility index (Phi) is 3.30. The first-order chi connectivity index (χ1) is 8.11. The molecular weight excluding hydrogens is 224 g/mol. The summed E-state index contributed by atoms with van der Waals surface area (Å²) in [7, 11) is 0. The lowest BCUT2D eigenvalue weighted by molar-refractivity contribution is 0.154. The van der Waals surface area contributed by atoms with Gasteiger partial charge in [0.05, 0.1) is 11.7 Å². The van der Waals surface area contributed by atoms with Gasteiger partial charge in [0.15, 0.2) is 0 Å². The zero-order valence-corrected chi connectivity index (χ0v) is 9.29. The number of aliphatic hydroxyl groups excluding tert-OH is 1. The van der Waals surface area contributed by atoms with Crippen LogP contribution in [0.3, 0.4) is 0 Å². The molecule has 2 nitrogen and oxygen atoms in total. The molecule has 1 aliphatic heterocycles. The van der Waals surface area contributed by atoms with Crippen LogP contribution >= 0.6 is 0 Å². The van der Waals surface area contributed by atoms with E-state index in [1.54, 1.807) is 4.90 Å². The van der Waals surface area contributed by atoms with Crippen LogP contribution in [-0.2, 0) is 0 Å². The quantitative estimate of drug-likeness (QED) is 0.754. The smallest absolute Gasteiger partial charge is 0.143 e. The van der Waals surface area contributed by atoms with Gasteiger partial charge in [-0.25, -0.2) is 8.78 Å². The molecular formula is C13H13F2NO. The molecule has 1 heterocycles. The molecule has 0 spiro atoms. The summed E-state index contributed by atoms with van der Waals surface area (Å²) in [6.07, 6.45) is 6.11. The van der Waals surface area contributed by atoms with E-state index in [1.165, 1.54) is 12.1 Å². The van der Waals surface area contributed by atoms with Crippen molar-refractivity contribution < 1.29 is 13.9 Å². The van der Waals surface area contributed by atoms with Crippen LogP contribution < -0.4 is 4.90 Å². The molecule has 0 saturated carbocycles. The number of halogens is 2. The van der Waals surface area contributed by atoms with Gasteiger partial charge in [0, 0.05) is 18.8 Å². The summed E-state index contributed by atoms with van der Waals surface area (Å²) >= 11 is 0. The van der Waals surface area contributed by atoms with Gasteiger partial charge in [-0.15, -0.1) is 6.42 Å². The first-order valence-corrected chi connectivity index (χ1v) is 5.50. The fourth-order valence-corrected chi connectivity index (χ4v) is 2.07. The molecule has 90 valence electrons. The van der Waals surface area contributed by atoms with Gasteiger partial charge >= 0.3 is 0 Å². The van der Waals surface area contributed by atoms with Crippen LogP contribution in [0.15, 0.2) is 12.1 Å². The van der Waals surface area contributed by atoms with Crippen LogP contribution in [0.2, 0.25) is 0 Å². The summed E-state index contributed by atoms with van der Waals surface area (Å²) in [5, 5.41) is 9.52. The Hall–Kier alpha value is -1.60. The lowest BCUT2D eigenvalue weighted by Crippen LogP contribution is -2.38. The van der Waals surface area contributed by atoms with Crippen molar-refractivity contribution in [3.05, 3.63) is 29.3 Å². The molecule has 1 atom stereocenters. The van der Waals surface area contributed by atoms with Crippen molar-refractivity contribution in [3.8, 4) is 12.3 Å². The van der Waals surface area contributed by atoms with Gasteiger partial charge in [-0.1, -0.05) is 5.92 Å². The van der Waals surface area contributed by atoms with Gasteiger partial charge in [-0.2, -0.15) is 0 Å². The topological polar surface area (TPSA) is 23.5 Å². The minimum Gasteiger partial charge on any atom is -0.391 e. The van der Waals surface area contributed by atoms with E-state index in [1.807, 2.05) is 5.92 Å². The van der Waals surface area contributed by atoms with E-state index in [2.05, 4.69) is 0 Å². The first kappa shape index (κ1) is 11.9. The molecule has 0 amide bonds. The number of nitrogens with zero attached hydrogens (tertiary/aromatic N) is 1. The number of aliphatic hydroxyl groups is 1. The molecule has 17 heavy (non-hydrogen) atoms. The van der Waals surface area contributed by atoms with Crippen LogP contribution in [0.1, 0.15) is 18.4 Å². The predicted molar refractivity (Wildman–Crippen MR) is 61.7 cm³/mol. The lowest BCUT2D eigenvalue weighted by Gasteiger charge is -2.32. The molecule has 0 aromatic heterocycles. The molecule has 0 aliphatic carbocycles. The summed E-state index contributed by atoms with van der Waals surface area (Å²) in [5.41, 5.74) is 0.0871. The average Bonchev–Trinajstić information content (AvgIpc) is 2.28. The number of rotatable bonds is 1. The maximum Gasteiger partial charge on any atom is 0.143 e. The molecule has 1 fully saturated rings. The Morgan fingerprint density at radius 3 is 2.53 bits per heavy atom. The van der Waals surface area contributed by atoms with Gasteiger partial charge in [-0.3, -0.25) is 0 Å². The standard InChI is InChI=1S/C13H13F2NO/c1-2-11-12(14)6-9(7-13(11)15)16-5-3-4-10(17)8-16/h1,6-7,10,17H,3-5,8H2. The highest BCUT2D eigenvalue weighted by Gasteiger charge is 2.20. The summed E-state index contributed by atoms with van der Waals surface area (Å²) in [6, 6.07) is 2.44. The van der Waals surface area contributed by atoms with Crippen LogP contribution in [-0.4, -0.2) is 24.3 Å². The lowest BCUT2D eigenvalue weighted by atomic mass is 10.1. The van der Waals surface area contributed by atoms with Crippen LogP contribution in [0.4, 0.5) is 14.5 Å². The minimum absolute atomic E-state index is 0.341. The minimum atomic E-state index is -0.734. The molecule has 1 unspecified atom stereocenters. The molecule has 1 aromatic rings. The van der Waals surface area contributed by atoms with Crippen LogP contribution in [0, 0.1) is 24.0 Å². The molecule has 1 aromatic carbocycles. The number of terminal acetylenes is 1. The third-order valence-corrected chi connectivity index (χ3v) is 2.93. The van der Waals surface area contributed by atoms with Crippen LogP contribution in [0.25, 0.3) is 0 Å². The normalized spacial score (nSPS) is 20.1. The van der Waals surface area contributed by atoms with E-state index in [0.717, 1.165) is 12.8 Å². The number of benzene rings is 1. The molecule has 2 rings (SSSR count). The number of hydrogen-bond acceptors (Lipinski definition) is 2. The van der Waals surface area contributed by atoms with Crippen molar-refractivity contribution in [2.45, 2.75) is 18.9 Å². The second kappa shape index (κ2) is 4.72. The van der Waals surface area contributed by atoms with Crippen molar-refractivity contribution >= 4 is 5.69 Å². The van der Waals surface area contributed by atoms with Crippen LogP contribution in [0.5, 0.6) is 0 Å². The number of β-amino-alcohol motifs (C(OH)–C–C–N with tert-alkyl or cyclic N) is 1. The van der Waals surface area contributed by atoms with Crippen molar-refractivity contribution in [1.29, 1.82) is 0 Å². The highest BCUT2D eigenvalue weighted by atomic mass is 19.1. The summed E-state index contributed by atoms with van der Waals surface area (Å²) in [5.74, 6) is 0.517. The van der Waals surface area contributed by atoms with Gasteiger partial charge in [0.1, 0.15) is 11.6 Å². The van der Waals surface area contributed by atoms with E-state index < -0.39 is 17.7 Å². The first-order valence-electron chi connectivity index (χ1n) is 5.50. The Labute approximate surface area is 98.9 Å². The van der Waals surface area contributed by atoms with Gasteiger partial charge in [0.25, 0.3) is 0 Å². The summed E-state index contributed by atoms with van der Waals surface area (Å²) in [6.45, 7) is 1.08. The van der Waals surface area contributed by atoms with E-state index in [-0.39, 0.29) is 5.56 Å². The second-order valence-corrected chi connectivity index (χ2v) is 4.17. The third kappa shape index (κ3) is 2.40. The maximum atomic E-state index is 13.5. The number of hydrogen-bond donors (Lipinski definition) is 1. The Bertz CT molecular complexity index is 444. The monoisotopic (exact) mass is 237 g/mol. The van der Waals surface area contributed by atoms with Gasteiger partial charge in [0.2, 0.25) is 0 Å². The van der Waals surface area contributed by atoms with Crippen molar-refractivity contribution in [3.63, 3.8) is 0 Å². The molecule has 1 saturated heterocycles. The second-order valence-electron chi connectivity index (χ2n) is 4.17. The molecule has 0 bridgehead atoms. The van der Waals surface area contributed by atoms with E-state index in [9.17, 15) is 13.9 Å². The van der Waals surface area contributed by atoms with Gasteiger partial charge in [-0.05, 0) is 25.0 Å². The number of anilines is 1. The summed E-state index contributed by atoms with van der Waals surface area (Å²) < 4.78 is 27.0. The molecule has 4 heteroatoms. The van der Waals surface area contributed by atoms with E-state index in [0.29, 0.717) is 18.8 Å². The average molecular weight is 237 g/mol. The highest BCUT2D eigenvalue weighted by molar-refractivity contribution is 5.52. The maximum absolute atomic E-state index is 13.5. The van der Waals surface area contributed by atoms with Crippen molar-refractivity contribution in [2.24, 2.45) is 0 Å². The largest absolute Gasteiger partial charge is 0.391 e. The highest BCUT2D eigenvalue weighted by Crippen LogP contribution is 2.24. The number of piperidine rings is 1. The van der Waals surface area contributed by atoms with E-state index >= 15 is 0 Å². The van der Waals surface area contributed by atoms with E-state index in [4.69, 9.17) is 6.42 Å². The third-order valence-electron chi connectivity index (χ3n) is 2.93. The molecule has 1 aliphatic rings. The zero-order valence-electron chi connectivity index (χ0n) is 9.29. The predicted octanol–water partition coefficient (Wildman–Crippen LogP) is 1.91. The molecule has 1 N–H and O–H groups in total. The Morgan fingerprint density at radius 2 is 2.00 bits per heavy atom. The fourth-order valence-electron chi connectivity index (χ4n) is 2.07. The Balaban J connectivity index is 2.31. The zero-order chi connectivity index (χ0) is 12.4. The molecule has 0 radical (unpaired) electrons. The summed E-state index contributed by atoms with van der Waals surface area (Å²) in [4.78, 5) is 1.76. The fraction of sp³-hybridized carbons (Fsp3) is 0.385. The Morgan fingerprint density at radius 1 is 1.35 bits per heavy atom. The van der Waals surface area contributed by atoms with Crippen molar-refractivity contribution in [1.82, 2.24) is 0 Å².